The highest BCUT2D eigenvalue weighted by atomic mass is 16.5. The van der Waals surface area contributed by atoms with Crippen LogP contribution in [0, 0.1) is 5.41 Å². The fourth-order valence-corrected chi connectivity index (χ4v) is 4.09. The third-order valence-corrected chi connectivity index (χ3v) is 5.39. The molecule has 6 nitrogen and oxygen atoms in total. The van der Waals surface area contributed by atoms with Gasteiger partial charge in [0, 0.05) is 46.4 Å². The van der Waals surface area contributed by atoms with Crippen molar-refractivity contribution in [3.05, 3.63) is 0 Å². The minimum Gasteiger partial charge on any atom is -0.383 e. The van der Waals surface area contributed by atoms with Crippen LogP contribution in [0.15, 0.2) is 0 Å². The summed E-state index contributed by atoms with van der Waals surface area (Å²) in [5.74, 6) is 0.225. The predicted molar refractivity (Wildman–Crippen MR) is 82.5 cm³/mol. The van der Waals surface area contributed by atoms with Gasteiger partial charge in [-0.05, 0) is 32.1 Å². The van der Waals surface area contributed by atoms with E-state index in [1.165, 1.54) is 0 Å². The molecule has 0 saturated carbocycles. The summed E-state index contributed by atoms with van der Waals surface area (Å²) >= 11 is 0. The number of rotatable bonds is 3. The van der Waals surface area contributed by atoms with Gasteiger partial charge in [-0.1, -0.05) is 0 Å². The monoisotopic (exact) mass is 309 g/mol. The molecule has 3 aliphatic heterocycles. The summed E-state index contributed by atoms with van der Waals surface area (Å²) in [6.45, 7) is 5.18. The van der Waals surface area contributed by atoms with Gasteiger partial charge in [-0.25, -0.2) is 4.79 Å². The Morgan fingerprint density at radius 1 is 1.09 bits per heavy atom. The van der Waals surface area contributed by atoms with Gasteiger partial charge in [0.05, 0.1) is 12.0 Å². The predicted octanol–water partition coefficient (Wildman–Crippen LogP) is 1.16. The summed E-state index contributed by atoms with van der Waals surface area (Å²) in [6, 6.07) is 0.139. The first-order chi connectivity index (χ1) is 10.7. The van der Waals surface area contributed by atoms with Crippen LogP contribution in [0.2, 0.25) is 0 Å². The van der Waals surface area contributed by atoms with E-state index in [2.05, 4.69) is 0 Å². The number of methoxy groups -OCH3 is 1. The lowest BCUT2D eigenvalue weighted by Gasteiger charge is -2.40. The number of piperidine rings is 1. The maximum Gasteiger partial charge on any atom is 0.320 e. The molecular weight excluding hydrogens is 282 g/mol. The first-order valence-electron chi connectivity index (χ1n) is 8.48. The second kappa shape index (κ2) is 6.44. The molecule has 22 heavy (non-hydrogen) atoms. The normalized spacial score (nSPS) is 29.0. The van der Waals surface area contributed by atoms with E-state index in [0.717, 1.165) is 58.3 Å². The zero-order valence-electron chi connectivity index (χ0n) is 13.6. The SMILES string of the molecule is COCCN1CC[C@@]2(CCCN(C(=O)N3CCCC3)C2)C1=O. The molecule has 1 atom stereocenters. The van der Waals surface area contributed by atoms with E-state index >= 15 is 0 Å². The molecule has 3 aliphatic rings. The van der Waals surface area contributed by atoms with Crippen LogP contribution in [0.5, 0.6) is 0 Å². The molecule has 3 saturated heterocycles. The molecule has 0 aromatic carbocycles. The number of hydrogen-bond donors (Lipinski definition) is 0. The second-order valence-corrected chi connectivity index (χ2v) is 6.82. The van der Waals surface area contributed by atoms with Gasteiger partial charge < -0.3 is 19.4 Å². The average Bonchev–Trinajstić information content (AvgIpc) is 3.16. The number of likely N-dealkylation sites (tertiary alicyclic amines) is 3. The average molecular weight is 309 g/mol. The lowest BCUT2D eigenvalue weighted by Crippen LogP contribution is -2.53. The van der Waals surface area contributed by atoms with Crippen LogP contribution >= 0.6 is 0 Å². The van der Waals surface area contributed by atoms with Crippen molar-refractivity contribution >= 4 is 11.9 Å². The first-order valence-corrected chi connectivity index (χ1v) is 8.48. The smallest absolute Gasteiger partial charge is 0.320 e. The highest BCUT2D eigenvalue weighted by molar-refractivity contribution is 5.86. The minimum absolute atomic E-state index is 0.139. The Hall–Kier alpha value is -1.30. The molecule has 3 amide bonds. The van der Waals surface area contributed by atoms with E-state index in [4.69, 9.17) is 4.74 Å². The van der Waals surface area contributed by atoms with Crippen molar-refractivity contribution in [3.63, 3.8) is 0 Å². The van der Waals surface area contributed by atoms with Crippen LogP contribution in [0.25, 0.3) is 0 Å². The largest absolute Gasteiger partial charge is 0.383 e. The molecule has 3 fully saturated rings. The van der Waals surface area contributed by atoms with Gasteiger partial charge in [0.15, 0.2) is 0 Å². The van der Waals surface area contributed by atoms with Crippen LogP contribution in [0.1, 0.15) is 32.1 Å². The van der Waals surface area contributed by atoms with Crippen molar-refractivity contribution in [1.82, 2.24) is 14.7 Å². The zero-order valence-corrected chi connectivity index (χ0v) is 13.6. The number of ether oxygens (including phenoxy) is 1. The Morgan fingerprint density at radius 2 is 1.82 bits per heavy atom. The third-order valence-electron chi connectivity index (χ3n) is 5.39. The van der Waals surface area contributed by atoms with Crippen LogP contribution in [0.3, 0.4) is 0 Å². The third kappa shape index (κ3) is 2.81. The summed E-state index contributed by atoms with van der Waals surface area (Å²) in [7, 11) is 1.66. The molecule has 3 rings (SSSR count). The minimum atomic E-state index is -0.332. The fraction of sp³-hybridized carbons (Fsp3) is 0.875. The summed E-state index contributed by atoms with van der Waals surface area (Å²) < 4.78 is 5.09. The van der Waals surface area contributed by atoms with E-state index in [1.54, 1.807) is 7.11 Å². The molecule has 0 aromatic rings. The maximum atomic E-state index is 12.8. The summed E-state index contributed by atoms with van der Waals surface area (Å²) in [5.41, 5.74) is -0.332. The highest BCUT2D eigenvalue weighted by Gasteiger charge is 2.49. The quantitative estimate of drug-likeness (QED) is 0.786. The van der Waals surface area contributed by atoms with Crippen LogP contribution in [-0.4, -0.2) is 79.6 Å². The Labute approximate surface area is 132 Å². The molecule has 6 heteroatoms. The number of nitrogens with zero attached hydrogens (tertiary/aromatic N) is 3. The van der Waals surface area contributed by atoms with Crippen LogP contribution in [-0.2, 0) is 9.53 Å². The topological polar surface area (TPSA) is 53.1 Å². The van der Waals surface area contributed by atoms with Crippen molar-refractivity contribution in [3.8, 4) is 0 Å². The lowest BCUT2D eigenvalue weighted by molar-refractivity contribution is -0.138. The molecule has 0 aromatic heterocycles. The van der Waals surface area contributed by atoms with Gasteiger partial charge >= 0.3 is 6.03 Å². The molecular formula is C16H27N3O3. The van der Waals surface area contributed by atoms with Crippen molar-refractivity contribution in [2.24, 2.45) is 5.41 Å². The molecule has 0 N–H and O–H groups in total. The number of hydrogen-bond acceptors (Lipinski definition) is 3. The molecule has 124 valence electrons. The Bertz CT molecular complexity index is 436. The van der Waals surface area contributed by atoms with Crippen LogP contribution < -0.4 is 0 Å². The molecule has 0 aliphatic carbocycles. The van der Waals surface area contributed by atoms with Crippen molar-refractivity contribution < 1.29 is 14.3 Å². The molecule has 0 radical (unpaired) electrons. The van der Waals surface area contributed by atoms with Gasteiger partial charge in [0.1, 0.15) is 0 Å². The van der Waals surface area contributed by atoms with E-state index in [0.29, 0.717) is 19.7 Å². The van der Waals surface area contributed by atoms with E-state index < -0.39 is 0 Å². The van der Waals surface area contributed by atoms with Crippen molar-refractivity contribution in [1.29, 1.82) is 0 Å². The zero-order chi connectivity index (χ0) is 15.6. The van der Waals surface area contributed by atoms with Crippen LogP contribution in [0.4, 0.5) is 4.79 Å². The van der Waals surface area contributed by atoms with Crippen molar-refractivity contribution in [2.45, 2.75) is 32.1 Å². The lowest BCUT2D eigenvalue weighted by atomic mass is 9.78. The van der Waals surface area contributed by atoms with E-state index in [1.807, 2.05) is 14.7 Å². The van der Waals surface area contributed by atoms with E-state index in [-0.39, 0.29) is 17.4 Å². The number of carbonyl (C=O) groups excluding carboxylic acids is 2. The number of urea groups is 1. The highest BCUT2D eigenvalue weighted by Crippen LogP contribution is 2.40. The second-order valence-electron chi connectivity index (χ2n) is 6.82. The molecule has 1 spiro atoms. The summed E-state index contributed by atoms with van der Waals surface area (Å²) in [6.07, 6.45) is 4.94. The first kappa shape index (κ1) is 15.6. The Balaban J connectivity index is 1.64. The fourth-order valence-electron chi connectivity index (χ4n) is 4.09. The summed E-state index contributed by atoms with van der Waals surface area (Å²) in [5, 5.41) is 0. The van der Waals surface area contributed by atoms with Gasteiger partial charge in [0.25, 0.3) is 0 Å². The Morgan fingerprint density at radius 3 is 2.55 bits per heavy atom. The van der Waals surface area contributed by atoms with Gasteiger partial charge in [0.2, 0.25) is 5.91 Å². The van der Waals surface area contributed by atoms with Gasteiger partial charge in [-0.3, -0.25) is 4.79 Å². The van der Waals surface area contributed by atoms with Crippen molar-refractivity contribution in [2.75, 3.05) is 53.0 Å². The van der Waals surface area contributed by atoms with Gasteiger partial charge in [-0.2, -0.15) is 0 Å². The Kier molecular flexibility index (Phi) is 4.57. The standard InChI is InChI=1S/C16H27N3O3/c1-22-12-11-17-10-6-16(14(17)20)5-4-9-19(13-16)15(21)18-7-2-3-8-18/h2-13H2,1H3/t16-/m1/s1. The number of amides is 3. The summed E-state index contributed by atoms with van der Waals surface area (Å²) in [4.78, 5) is 31.2. The molecule has 3 heterocycles. The van der Waals surface area contributed by atoms with E-state index in [9.17, 15) is 9.59 Å². The van der Waals surface area contributed by atoms with Gasteiger partial charge in [-0.15, -0.1) is 0 Å². The molecule has 0 unspecified atom stereocenters. The maximum absolute atomic E-state index is 12.8. The number of carbonyl (C=O) groups is 2. The molecule has 0 bridgehead atoms.